The maximum Gasteiger partial charge on any atom is 0.254 e. The fourth-order valence-electron chi connectivity index (χ4n) is 3.53. The molecule has 1 aliphatic heterocycles. The molecule has 1 fully saturated rings. The molecule has 25 heavy (non-hydrogen) atoms. The topological polar surface area (TPSA) is 68.8 Å². The Balaban J connectivity index is 1.65. The summed E-state index contributed by atoms with van der Waals surface area (Å²) < 4.78 is 3.66. The number of tetrazole rings is 1. The van der Waals surface area contributed by atoms with E-state index < -0.39 is 0 Å². The van der Waals surface area contributed by atoms with Crippen molar-refractivity contribution in [3.63, 3.8) is 0 Å². The second-order valence-electron chi connectivity index (χ2n) is 6.36. The Labute approximate surface area is 145 Å². The summed E-state index contributed by atoms with van der Waals surface area (Å²) in [6.45, 7) is 0.782. The molecule has 1 atom stereocenters. The van der Waals surface area contributed by atoms with Gasteiger partial charge < -0.3 is 9.47 Å². The van der Waals surface area contributed by atoms with Gasteiger partial charge >= 0.3 is 0 Å². The smallest absolute Gasteiger partial charge is 0.254 e. The first-order valence-corrected chi connectivity index (χ1v) is 8.49. The molecule has 0 radical (unpaired) electrons. The molecule has 128 valence electrons. The molecule has 0 bridgehead atoms. The average Bonchev–Trinajstić information content (AvgIpc) is 3.33. The largest absolute Gasteiger partial charge is 0.353 e. The molecule has 1 aliphatic rings. The van der Waals surface area contributed by atoms with E-state index in [0.717, 1.165) is 31.5 Å². The highest BCUT2D eigenvalue weighted by Crippen LogP contribution is 2.32. The number of rotatable bonds is 3. The second kappa shape index (κ2) is 6.51. The number of carbonyl (C=O) groups excluding carboxylic acids is 1. The molecule has 3 heterocycles. The molecule has 0 N–H and O–H groups in total. The van der Waals surface area contributed by atoms with Crippen LogP contribution < -0.4 is 0 Å². The van der Waals surface area contributed by atoms with Gasteiger partial charge in [0.15, 0.2) is 0 Å². The van der Waals surface area contributed by atoms with E-state index in [2.05, 4.69) is 26.2 Å². The fourth-order valence-corrected chi connectivity index (χ4v) is 3.53. The normalized spacial score (nSPS) is 17.6. The Hall–Kier alpha value is -2.96. The van der Waals surface area contributed by atoms with E-state index in [9.17, 15) is 4.79 Å². The second-order valence-corrected chi connectivity index (χ2v) is 6.36. The van der Waals surface area contributed by atoms with Crippen molar-refractivity contribution in [1.82, 2.24) is 29.7 Å². The zero-order chi connectivity index (χ0) is 17.2. The molecule has 0 spiro atoms. The summed E-state index contributed by atoms with van der Waals surface area (Å²) in [5.74, 6) is 0.0563. The van der Waals surface area contributed by atoms with E-state index in [4.69, 9.17) is 0 Å². The number of nitrogens with zero attached hydrogens (tertiary/aromatic N) is 6. The third-order valence-corrected chi connectivity index (χ3v) is 4.80. The fraction of sp³-hybridized carbons (Fsp3) is 0.333. The number of hydrogen-bond donors (Lipinski definition) is 0. The van der Waals surface area contributed by atoms with Crippen molar-refractivity contribution in [3.05, 3.63) is 60.2 Å². The zero-order valence-corrected chi connectivity index (χ0v) is 14.1. The van der Waals surface area contributed by atoms with Crippen LogP contribution in [0.25, 0.3) is 5.69 Å². The molecule has 7 heteroatoms. The zero-order valence-electron chi connectivity index (χ0n) is 14.1. The van der Waals surface area contributed by atoms with Gasteiger partial charge in [-0.15, -0.1) is 5.10 Å². The molecular formula is C18H20N6O. The Kier molecular flexibility index (Phi) is 4.05. The van der Waals surface area contributed by atoms with Crippen molar-refractivity contribution >= 4 is 5.91 Å². The third kappa shape index (κ3) is 2.93. The lowest BCUT2D eigenvalue weighted by atomic mass is 9.98. The molecule has 4 rings (SSSR count). The first-order valence-electron chi connectivity index (χ1n) is 8.49. The summed E-state index contributed by atoms with van der Waals surface area (Å²) in [6, 6.07) is 11.7. The number of benzene rings is 1. The van der Waals surface area contributed by atoms with Crippen molar-refractivity contribution in [2.75, 3.05) is 6.54 Å². The summed E-state index contributed by atoms with van der Waals surface area (Å²) in [5.41, 5.74) is 2.63. The van der Waals surface area contributed by atoms with E-state index in [1.54, 1.807) is 4.68 Å². The summed E-state index contributed by atoms with van der Waals surface area (Å²) in [7, 11) is 2.03. The van der Waals surface area contributed by atoms with Gasteiger partial charge in [0.05, 0.1) is 11.7 Å². The van der Waals surface area contributed by atoms with Crippen molar-refractivity contribution in [1.29, 1.82) is 0 Å². The molecule has 1 aromatic carbocycles. The van der Waals surface area contributed by atoms with Gasteiger partial charge in [-0.05, 0) is 60.0 Å². The Morgan fingerprint density at radius 3 is 2.88 bits per heavy atom. The predicted octanol–water partition coefficient (Wildman–Crippen LogP) is 2.37. The van der Waals surface area contributed by atoms with Gasteiger partial charge in [-0.2, -0.15) is 0 Å². The lowest BCUT2D eigenvalue weighted by Gasteiger charge is -2.36. The van der Waals surface area contributed by atoms with Crippen LogP contribution in [-0.4, -0.2) is 42.1 Å². The molecule has 1 saturated heterocycles. The summed E-state index contributed by atoms with van der Waals surface area (Å²) in [5, 5.41) is 11.2. The minimum absolute atomic E-state index is 0.0563. The molecule has 7 nitrogen and oxygen atoms in total. The van der Waals surface area contributed by atoms with Gasteiger partial charge in [-0.1, -0.05) is 6.07 Å². The quantitative estimate of drug-likeness (QED) is 0.736. The van der Waals surface area contributed by atoms with Crippen LogP contribution in [0.15, 0.2) is 48.9 Å². The van der Waals surface area contributed by atoms with Crippen LogP contribution in [0.3, 0.4) is 0 Å². The first kappa shape index (κ1) is 15.6. The van der Waals surface area contributed by atoms with Crippen molar-refractivity contribution < 1.29 is 4.79 Å². The van der Waals surface area contributed by atoms with Crippen LogP contribution >= 0.6 is 0 Å². The SMILES string of the molecule is Cn1cccc1C1CCCCN1C(=O)c1cccc(-n2cnnn2)c1. The van der Waals surface area contributed by atoms with Gasteiger partial charge in [-0.3, -0.25) is 4.79 Å². The van der Waals surface area contributed by atoms with Crippen LogP contribution in [0.2, 0.25) is 0 Å². The molecule has 2 aromatic heterocycles. The number of carbonyl (C=O) groups is 1. The summed E-state index contributed by atoms with van der Waals surface area (Å²) >= 11 is 0. The van der Waals surface area contributed by atoms with Gasteiger partial charge in [0.25, 0.3) is 5.91 Å². The Morgan fingerprint density at radius 1 is 1.20 bits per heavy atom. The van der Waals surface area contributed by atoms with E-state index in [0.29, 0.717) is 5.56 Å². The highest BCUT2D eigenvalue weighted by molar-refractivity contribution is 5.95. The number of piperidine rings is 1. The summed E-state index contributed by atoms with van der Waals surface area (Å²) in [6.07, 6.45) is 6.74. The number of aryl methyl sites for hydroxylation is 1. The van der Waals surface area contributed by atoms with Crippen LogP contribution in [0.5, 0.6) is 0 Å². The van der Waals surface area contributed by atoms with Crippen LogP contribution in [0.4, 0.5) is 0 Å². The molecule has 3 aromatic rings. The molecular weight excluding hydrogens is 316 g/mol. The predicted molar refractivity (Wildman–Crippen MR) is 92.2 cm³/mol. The molecule has 0 saturated carbocycles. The molecule has 1 unspecified atom stereocenters. The third-order valence-electron chi connectivity index (χ3n) is 4.80. The molecule has 1 amide bonds. The van der Waals surface area contributed by atoms with Crippen LogP contribution in [-0.2, 0) is 7.05 Å². The average molecular weight is 336 g/mol. The number of amides is 1. The lowest BCUT2D eigenvalue weighted by Crippen LogP contribution is -2.39. The number of hydrogen-bond acceptors (Lipinski definition) is 4. The van der Waals surface area contributed by atoms with E-state index in [-0.39, 0.29) is 11.9 Å². The summed E-state index contributed by atoms with van der Waals surface area (Å²) in [4.78, 5) is 15.2. The Morgan fingerprint density at radius 2 is 2.12 bits per heavy atom. The highest BCUT2D eigenvalue weighted by Gasteiger charge is 2.30. The first-order chi connectivity index (χ1) is 12.2. The van der Waals surface area contributed by atoms with Crippen molar-refractivity contribution in [2.24, 2.45) is 7.05 Å². The number of likely N-dealkylation sites (tertiary alicyclic amines) is 1. The van der Waals surface area contributed by atoms with Gasteiger partial charge in [-0.25, -0.2) is 4.68 Å². The number of aromatic nitrogens is 5. The minimum Gasteiger partial charge on any atom is -0.353 e. The highest BCUT2D eigenvalue weighted by atomic mass is 16.2. The Bertz CT molecular complexity index is 869. The maximum absolute atomic E-state index is 13.2. The van der Waals surface area contributed by atoms with Gasteiger partial charge in [0.1, 0.15) is 6.33 Å². The molecule has 0 aliphatic carbocycles. The van der Waals surface area contributed by atoms with Gasteiger partial charge in [0.2, 0.25) is 0 Å². The maximum atomic E-state index is 13.2. The van der Waals surface area contributed by atoms with Crippen LogP contribution in [0, 0.1) is 0 Å². The van der Waals surface area contributed by atoms with E-state index in [1.165, 1.54) is 12.0 Å². The standard InChI is InChI=1S/C18H20N6O/c1-22-10-5-9-16(22)17-8-2-3-11-23(17)18(25)14-6-4-7-15(12-14)24-13-19-20-21-24/h4-7,9-10,12-13,17H,2-3,8,11H2,1H3. The van der Waals surface area contributed by atoms with E-state index >= 15 is 0 Å². The lowest BCUT2D eigenvalue weighted by molar-refractivity contribution is 0.0602. The van der Waals surface area contributed by atoms with Crippen molar-refractivity contribution in [3.8, 4) is 5.69 Å². The van der Waals surface area contributed by atoms with Gasteiger partial charge in [0, 0.05) is 31.0 Å². The monoisotopic (exact) mass is 336 g/mol. The van der Waals surface area contributed by atoms with E-state index in [1.807, 2.05) is 48.5 Å². The minimum atomic E-state index is 0.0563. The van der Waals surface area contributed by atoms with Crippen LogP contribution in [0.1, 0.15) is 41.4 Å². The van der Waals surface area contributed by atoms with Crippen molar-refractivity contribution in [2.45, 2.75) is 25.3 Å².